The first-order valence-corrected chi connectivity index (χ1v) is 9.20. The lowest BCUT2D eigenvalue weighted by Crippen LogP contribution is -2.35. The summed E-state index contributed by atoms with van der Waals surface area (Å²) in [5, 5.41) is 0. The molecule has 0 saturated heterocycles. The first-order chi connectivity index (χ1) is 10.5. The summed E-state index contributed by atoms with van der Waals surface area (Å²) in [6.07, 6.45) is 5.99. The summed E-state index contributed by atoms with van der Waals surface area (Å²) in [5.74, 6) is 0. The van der Waals surface area contributed by atoms with Gasteiger partial charge in [-0.3, -0.25) is 4.98 Å². The van der Waals surface area contributed by atoms with Gasteiger partial charge in [-0.2, -0.15) is 0 Å². The highest BCUT2D eigenvalue weighted by Gasteiger charge is 2.23. The van der Waals surface area contributed by atoms with Gasteiger partial charge in [0.15, 0.2) is 0 Å². The normalized spacial score (nSPS) is 13.9. The van der Waals surface area contributed by atoms with Gasteiger partial charge in [0.05, 0.1) is 11.9 Å². The summed E-state index contributed by atoms with van der Waals surface area (Å²) in [5.41, 5.74) is 5.94. The second kappa shape index (κ2) is 6.38. The molecule has 2 nitrogen and oxygen atoms in total. The van der Waals surface area contributed by atoms with Gasteiger partial charge >= 0.3 is 0 Å². The standard InChI is InChI=1S/C17H16Br2N2S/c1-10-13(8-14(18)11(2)16(10)19)17(22)21-7-3-4-12-5-6-20-9-15(12)21/h5-6,8-9H,3-4,7H2,1-2H3. The molecule has 0 unspecified atom stereocenters. The maximum atomic E-state index is 5.82. The molecule has 0 spiro atoms. The summed E-state index contributed by atoms with van der Waals surface area (Å²) >= 11 is 13.1. The van der Waals surface area contributed by atoms with Crippen LogP contribution in [0, 0.1) is 13.8 Å². The Kier molecular flexibility index (Phi) is 4.67. The highest BCUT2D eigenvalue weighted by Crippen LogP contribution is 2.34. The van der Waals surface area contributed by atoms with Crippen LogP contribution in [-0.4, -0.2) is 16.5 Å². The summed E-state index contributed by atoms with van der Waals surface area (Å²) < 4.78 is 2.19. The number of benzene rings is 1. The van der Waals surface area contributed by atoms with Crippen LogP contribution in [0.5, 0.6) is 0 Å². The minimum absolute atomic E-state index is 0.868. The summed E-state index contributed by atoms with van der Waals surface area (Å²) in [7, 11) is 0. The van der Waals surface area contributed by atoms with Crippen LogP contribution in [0.2, 0.25) is 0 Å². The van der Waals surface area contributed by atoms with Crippen LogP contribution in [0.1, 0.15) is 28.7 Å². The van der Waals surface area contributed by atoms with E-state index < -0.39 is 0 Å². The molecule has 0 atom stereocenters. The molecule has 3 rings (SSSR count). The van der Waals surface area contributed by atoms with Gasteiger partial charge in [-0.25, -0.2) is 0 Å². The highest BCUT2D eigenvalue weighted by atomic mass is 79.9. The summed E-state index contributed by atoms with van der Waals surface area (Å²) in [6, 6.07) is 4.22. The van der Waals surface area contributed by atoms with Crippen LogP contribution in [-0.2, 0) is 6.42 Å². The molecule has 0 fully saturated rings. The van der Waals surface area contributed by atoms with Crippen molar-refractivity contribution in [3.05, 3.63) is 55.7 Å². The van der Waals surface area contributed by atoms with E-state index in [4.69, 9.17) is 12.2 Å². The Morgan fingerprint density at radius 3 is 2.82 bits per heavy atom. The lowest BCUT2D eigenvalue weighted by atomic mass is 10.0. The van der Waals surface area contributed by atoms with E-state index in [0.29, 0.717) is 0 Å². The van der Waals surface area contributed by atoms with Gasteiger partial charge in [0, 0.05) is 27.3 Å². The number of aromatic nitrogens is 1. The van der Waals surface area contributed by atoms with Crippen molar-refractivity contribution in [1.29, 1.82) is 0 Å². The zero-order valence-corrected chi connectivity index (χ0v) is 16.5. The van der Waals surface area contributed by atoms with Gasteiger partial charge in [0.2, 0.25) is 0 Å². The number of aryl methyl sites for hydroxylation is 1. The van der Waals surface area contributed by atoms with Crippen molar-refractivity contribution in [2.45, 2.75) is 26.7 Å². The van der Waals surface area contributed by atoms with E-state index >= 15 is 0 Å². The number of halogens is 2. The fourth-order valence-electron chi connectivity index (χ4n) is 2.84. The Hall–Kier alpha value is -0.780. The van der Waals surface area contributed by atoms with Gasteiger partial charge in [0.1, 0.15) is 4.99 Å². The Morgan fingerprint density at radius 1 is 1.27 bits per heavy atom. The predicted octanol–water partition coefficient (Wildman–Crippen LogP) is 5.35. The average Bonchev–Trinajstić information content (AvgIpc) is 2.55. The maximum absolute atomic E-state index is 5.82. The molecular weight excluding hydrogens is 424 g/mol. The first kappa shape index (κ1) is 16.1. The third-order valence-corrected chi connectivity index (χ3v) is 6.63. The molecule has 22 heavy (non-hydrogen) atoms. The first-order valence-electron chi connectivity index (χ1n) is 7.20. The second-order valence-electron chi connectivity index (χ2n) is 5.53. The van der Waals surface area contributed by atoms with Crippen molar-refractivity contribution in [3.63, 3.8) is 0 Å². The average molecular weight is 440 g/mol. The largest absolute Gasteiger partial charge is 0.331 e. The van der Waals surface area contributed by atoms with Crippen molar-refractivity contribution in [1.82, 2.24) is 4.98 Å². The molecular formula is C17H16Br2N2S. The molecule has 2 heterocycles. The number of anilines is 1. The molecule has 0 amide bonds. The number of thiocarbonyl (C=S) groups is 1. The zero-order valence-electron chi connectivity index (χ0n) is 12.5. The molecule has 1 aliphatic rings. The number of hydrogen-bond donors (Lipinski definition) is 0. The van der Waals surface area contributed by atoms with Crippen molar-refractivity contribution in [2.75, 3.05) is 11.4 Å². The fourth-order valence-corrected chi connectivity index (χ4v) is 4.37. The van der Waals surface area contributed by atoms with Crippen molar-refractivity contribution in [3.8, 4) is 0 Å². The van der Waals surface area contributed by atoms with Gasteiger partial charge in [-0.05, 0) is 55.5 Å². The number of pyridine rings is 1. The minimum Gasteiger partial charge on any atom is -0.331 e. The van der Waals surface area contributed by atoms with Gasteiger partial charge in [-0.15, -0.1) is 0 Å². The third-order valence-electron chi connectivity index (χ3n) is 4.17. The van der Waals surface area contributed by atoms with E-state index in [-0.39, 0.29) is 0 Å². The Labute approximate surface area is 153 Å². The van der Waals surface area contributed by atoms with Gasteiger partial charge in [0.25, 0.3) is 0 Å². The number of fused-ring (bicyclic) bond motifs is 1. The van der Waals surface area contributed by atoms with E-state index in [2.05, 4.69) is 67.7 Å². The highest BCUT2D eigenvalue weighted by molar-refractivity contribution is 9.11. The van der Waals surface area contributed by atoms with E-state index in [0.717, 1.165) is 44.6 Å². The molecule has 0 saturated carbocycles. The third kappa shape index (κ3) is 2.74. The molecule has 5 heteroatoms. The monoisotopic (exact) mass is 438 g/mol. The lowest BCUT2D eigenvalue weighted by Gasteiger charge is -2.32. The van der Waals surface area contributed by atoms with Crippen LogP contribution in [0.15, 0.2) is 33.5 Å². The molecule has 114 valence electrons. The van der Waals surface area contributed by atoms with Crippen LogP contribution < -0.4 is 4.90 Å². The quantitative estimate of drug-likeness (QED) is 0.557. The summed E-state index contributed by atoms with van der Waals surface area (Å²) in [4.78, 5) is 7.36. The second-order valence-corrected chi connectivity index (χ2v) is 7.57. The molecule has 2 aromatic rings. The van der Waals surface area contributed by atoms with Crippen LogP contribution in [0.4, 0.5) is 5.69 Å². The van der Waals surface area contributed by atoms with E-state index in [9.17, 15) is 0 Å². The predicted molar refractivity (Wildman–Crippen MR) is 103 cm³/mol. The Morgan fingerprint density at radius 2 is 2.05 bits per heavy atom. The van der Waals surface area contributed by atoms with Crippen molar-refractivity contribution < 1.29 is 0 Å². The van der Waals surface area contributed by atoms with E-state index in [1.807, 2.05) is 12.4 Å². The molecule has 1 aromatic heterocycles. The number of rotatable bonds is 1. The van der Waals surface area contributed by atoms with Crippen LogP contribution in [0.25, 0.3) is 0 Å². The topological polar surface area (TPSA) is 16.1 Å². The van der Waals surface area contributed by atoms with E-state index in [1.54, 1.807) is 0 Å². The van der Waals surface area contributed by atoms with E-state index in [1.165, 1.54) is 16.7 Å². The summed E-state index contributed by atoms with van der Waals surface area (Å²) in [6.45, 7) is 5.15. The molecule has 0 bridgehead atoms. The Bertz CT molecular complexity index is 759. The van der Waals surface area contributed by atoms with Gasteiger partial charge < -0.3 is 4.90 Å². The molecule has 1 aliphatic heterocycles. The number of hydrogen-bond acceptors (Lipinski definition) is 2. The van der Waals surface area contributed by atoms with Crippen molar-refractivity contribution in [2.24, 2.45) is 0 Å². The molecule has 0 radical (unpaired) electrons. The maximum Gasteiger partial charge on any atom is 0.114 e. The van der Waals surface area contributed by atoms with Crippen LogP contribution in [0.3, 0.4) is 0 Å². The van der Waals surface area contributed by atoms with Gasteiger partial charge in [-0.1, -0.05) is 44.1 Å². The SMILES string of the molecule is Cc1c(Br)cc(C(=S)N2CCCc3ccncc32)c(C)c1Br. The lowest BCUT2D eigenvalue weighted by molar-refractivity contribution is 0.777. The Balaban J connectivity index is 2.07. The smallest absolute Gasteiger partial charge is 0.114 e. The fraction of sp³-hybridized carbons (Fsp3) is 0.294. The minimum atomic E-state index is 0.868. The van der Waals surface area contributed by atoms with Crippen molar-refractivity contribution >= 4 is 54.8 Å². The number of nitrogens with zero attached hydrogens (tertiary/aromatic N) is 2. The molecule has 0 N–H and O–H groups in total. The molecule has 0 aliphatic carbocycles. The van der Waals surface area contributed by atoms with Crippen LogP contribution >= 0.6 is 44.1 Å². The zero-order chi connectivity index (χ0) is 15.9. The molecule has 1 aromatic carbocycles.